The Kier molecular flexibility index (Phi) is 6.65. The Labute approximate surface area is 181 Å². The predicted molar refractivity (Wildman–Crippen MR) is 122 cm³/mol. The zero-order valence-corrected chi connectivity index (χ0v) is 18.7. The van der Waals surface area contributed by atoms with E-state index in [0.717, 1.165) is 18.5 Å². The Balaban J connectivity index is 1.81. The van der Waals surface area contributed by atoms with E-state index >= 15 is 0 Å². The lowest BCUT2D eigenvalue weighted by molar-refractivity contribution is 0.119. The molecule has 2 heterocycles. The lowest BCUT2D eigenvalue weighted by Gasteiger charge is -2.33. The van der Waals surface area contributed by atoms with Crippen molar-refractivity contribution >= 4 is 28.9 Å². The van der Waals surface area contributed by atoms with E-state index in [0.29, 0.717) is 41.8 Å². The van der Waals surface area contributed by atoms with Gasteiger partial charge in [0.2, 0.25) is 10.5 Å². The number of nitrogens with zero attached hydrogens (tertiary/aromatic N) is 5. The van der Waals surface area contributed by atoms with Gasteiger partial charge < -0.3 is 4.74 Å². The molecule has 7 nitrogen and oxygen atoms in total. The Bertz CT molecular complexity index is 1130. The van der Waals surface area contributed by atoms with Crippen LogP contribution in [0.5, 0.6) is 0 Å². The van der Waals surface area contributed by atoms with E-state index < -0.39 is 0 Å². The van der Waals surface area contributed by atoms with Crippen LogP contribution >= 0.6 is 12.2 Å². The van der Waals surface area contributed by atoms with Gasteiger partial charge in [-0.05, 0) is 50.2 Å². The fourth-order valence-electron chi connectivity index (χ4n) is 4.62. The van der Waals surface area contributed by atoms with Crippen LogP contribution in [-0.4, -0.2) is 50.0 Å². The number of rotatable bonds is 8. The largest absolute Gasteiger partial charge is 0.385 e. The maximum atomic E-state index is 13.2. The van der Waals surface area contributed by atoms with Crippen LogP contribution in [0.25, 0.3) is 16.7 Å². The molecule has 0 aliphatic heterocycles. The summed E-state index contributed by atoms with van der Waals surface area (Å²) in [6.07, 6.45) is 7.13. The molecule has 1 fully saturated rings. The van der Waals surface area contributed by atoms with E-state index in [9.17, 15) is 4.79 Å². The Morgan fingerprint density at radius 2 is 2.00 bits per heavy atom. The van der Waals surface area contributed by atoms with Gasteiger partial charge in [-0.3, -0.25) is 18.7 Å². The lowest BCUT2D eigenvalue weighted by Crippen LogP contribution is -2.38. The average molecular weight is 430 g/mol. The number of aryl methyl sites for hydroxylation is 1. The fraction of sp³-hybridized carbons (Fsp3) is 0.591. The van der Waals surface area contributed by atoms with E-state index in [-0.39, 0.29) is 5.56 Å². The van der Waals surface area contributed by atoms with Crippen LogP contribution in [0.1, 0.15) is 45.4 Å². The zero-order chi connectivity index (χ0) is 21.1. The maximum absolute atomic E-state index is 13.2. The van der Waals surface area contributed by atoms with Crippen molar-refractivity contribution in [3.05, 3.63) is 39.4 Å². The smallest absolute Gasteiger partial charge is 0.262 e. The Hall–Kier alpha value is -2.03. The Morgan fingerprint density at radius 1 is 1.23 bits per heavy atom. The second kappa shape index (κ2) is 9.41. The van der Waals surface area contributed by atoms with Gasteiger partial charge in [-0.15, -0.1) is 5.10 Å². The highest BCUT2D eigenvalue weighted by molar-refractivity contribution is 7.71. The van der Waals surface area contributed by atoms with Crippen LogP contribution in [0, 0.1) is 4.77 Å². The van der Waals surface area contributed by atoms with Crippen molar-refractivity contribution in [3.63, 3.8) is 0 Å². The van der Waals surface area contributed by atoms with Gasteiger partial charge in [-0.1, -0.05) is 38.3 Å². The van der Waals surface area contributed by atoms with Crippen molar-refractivity contribution in [1.82, 2.24) is 23.6 Å². The van der Waals surface area contributed by atoms with Gasteiger partial charge >= 0.3 is 0 Å². The number of benzene rings is 1. The van der Waals surface area contributed by atoms with Gasteiger partial charge in [-0.2, -0.15) is 0 Å². The first-order valence-electron chi connectivity index (χ1n) is 11.0. The number of methoxy groups -OCH3 is 1. The molecule has 1 aromatic carbocycles. The summed E-state index contributed by atoms with van der Waals surface area (Å²) in [6, 6.07) is 8.23. The van der Waals surface area contributed by atoms with Gasteiger partial charge in [0, 0.05) is 26.3 Å². The minimum Gasteiger partial charge on any atom is -0.385 e. The number of aromatic nitrogens is 4. The molecule has 0 amide bonds. The summed E-state index contributed by atoms with van der Waals surface area (Å²) in [5, 5.41) is 5.50. The highest BCUT2D eigenvalue weighted by Gasteiger charge is 2.22. The molecular weight excluding hydrogens is 398 g/mol. The summed E-state index contributed by atoms with van der Waals surface area (Å²) >= 11 is 5.86. The summed E-state index contributed by atoms with van der Waals surface area (Å²) in [6.45, 7) is 4.96. The quantitative estimate of drug-likeness (QED) is 0.402. The van der Waals surface area contributed by atoms with Crippen LogP contribution in [0.2, 0.25) is 0 Å². The highest BCUT2D eigenvalue weighted by Crippen LogP contribution is 2.23. The van der Waals surface area contributed by atoms with Crippen molar-refractivity contribution < 1.29 is 4.74 Å². The molecule has 0 bridgehead atoms. The van der Waals surface area contributed by atoms with Crippen LogP contribution in [0.3, 0.4) is 0 Å². The fourth-order valence-corrected chi connectivity index (χ4v) is 4.90. The van der Waals surface area contributed by atoms with Crippen LogP contribution in [0.4, 0.5) is 0 Å². The van der Waals surface area contributed by atoms with E-state index in [4.69, 9.17) is 22.1 Å². The lowest BCUT2D eigenvalue weighted by atomic mass is 9.94. The molecule has 30 heavy (non-hydrogen) atoms. The molecule has 1 aliphatic carbocycles. The highest BCUT2D eigenvalue weighted by atomic mass is 32.1. The van der Waals surface area contributed by atoms with Crippen molar-refractivity contribution in [3.8, 4) is 0 Å². The first-order valence-corrected chi connectivity index (χ1v) is 11.4. The predicted octanol–water partition coefficient (Wildman–Crippen LogP) is 3.83. The summed E-state index contributed by atoms with van der Waals surface area (Å²) < 4.78 is 11.4. The Morgan fingerprint density at radius 3 is 2.73 bits per heavy atom. The van der Waals surface area contributed by atoms with Gasteiger partial charge in [0.1, 0.15) is 0 Å². The molecular formula is C22H31N5O2S. The molecule has 8 heteroatoms. The van der Waals surface area contributed by atoms with E-state index in [1.165, 1.54) is 32.1 Å². The van der Waals surface area contributed by atoms with Gasteiger partial charge in [0.15, 0.2) is 0 Å². The second-order valence-corrected chi connectivity index (χ2v) is 8.44. The number of hydrogen-bond acceptors (Lipinski definition) is 5. The normalized spacial score (nSPS) is 15.6. The van der Waals surface area contributed by atoms with E-state index in [1.54, 1.807) is 11.7 Å². The van der Waals surface area contributed by atoms with Crippen LogP contribution < -0.4 is 5.56 Å². The number of para-hydroxylation sites is 1. The second-order valence-electron chi connectivity index (χ2n) is 8.08. The van der Waals surface area contributed by atoms with Gasteiger partial charge in [-0.25, -0.2) is 4.68 Å². The molecule has 0 atom stereocenters. The van der Waals surface area contributed by atoms with Crippen LogP contribution in [-0.2, 0) is 18.0 Å². The third kappa shape index (κ3) is 3.96. The molecule has 3 aromatic rings. The summed E-state index contributed by atoms with van der Waals surface area (Å²) in [4.78, 5) is 15.7. The maximum Gasteiger partial charge on any atom is 0.262 e. The molecule has 0 unspecified atom stereocenters. The van der Waals surface area contributed by atoms with Crippen molar-refractivity contribution in [1.29, 1.82) is 0 Å². The number of fused-ring (bicyclic) bond motifs is 3. The molecule has 4 rings (SSSR count). The zero-order valence-electron chi connectivity index (χ0n) is 17.9. The number of hydrogen-bond donors (Lipinski definition) is 0. The van der Waals surface area contributed by atoms with Gasteiger partial charge in [0.25, 0.3) is 5.56 Å². The third-order valence-electron chi connectivity index (χ3n) is 6.23. The molecule has 0 saturated heterocycles. The minimum atomic E-state index is -0.0269. The summed E-state index contributed by atoms with van der Waals surface area (Å²) in [5.74, 6) is 0.611. The molecule has 1 aliphatic rings. The van der Waals surface area contributed by atoms with Crippen molar-refractivity contribution in [2.24, 2.45) is 0 Å². The molecule has 1 saturated carbocycles. The van der Waals surface area contributed by atoms with E-state index in [1.807, 2.05) is 33.3 Å². The summed E-state index contributed by atoms with van der Waals surface area (Å²) in [7, 11) is 1.67. The van der Waals surface area contributed by atoms with E-state index in [2.05, 4.69) is 11.8 Å². The first-order chi connectivity index (χ1) is 14.7. The molecule has 162 valence electrons. The first kappa shape index (κ1) is 21.2. The molecule has 0 N–H and O–H groups in total. The molecule has 2 aromatic heterocycles. The average Bonchev–Trinajstić information content (AvgIpc) is 3.11. The minimum absolute atomic E-state index is 0.0269. The molecule has 0 spiro atoms. The monoisotopic (exact) mass is 429 g/mol. The van der Waals surface area contributed by atoms with Crippen LogP contribution in [0.15, 0.2) is 29.1 Å². The summed E-state index contributed by atoms with van der Waals surface area (Å²) in [5.41, 5.74) is 0.790. The number of ether oxygens (including phenoxy) is 1. The SMILES string of the molecule is CCN(Cn1nc2n(CCCOC)c(=O)c3ccccc3n2c1=S)C1CCCCC1. The standard InChI is InChI=1S/C22H31N5O2S/c1-3-24(17-10-5-4-6-11-17)16-26-22(30)27-19-13-8-7-12-18(19)20(28)25(21(27)23-26)14-9-15-29-2/h7-8,12-13,17H,3-6,9-11,14-16H2,1-2H3. The molecule has 0 radical (unpaired) electrons. The third-order valence-corrected chi connectivity index (χ3v) is 6.62. The van der Waals surface area contributed by atoms with Gasteiger partial charge in [0.05, 0.1) is 17.6 Å². The van der Waals surface area contributed by atoms with Crippen molar-refractivity contribution in [2.75, 3.05) is 20.3 Å². The van der Waals surface area contributed by atoms with Crippen molar-refractivity contribution in [2.45, 2.75) is 64.7 Å². The topological polar surface area (TPSA) is 56.7 Å².